The van der Waals surface area contributed by atoms with Crippen LogP contribution in [0.4, 0.5) is 5.69 Å². The van der Waals surface area contributed by atoms with Gasteiger partial charge in [-0.15, -0.1) is 4.91 Å². The summed E-state index contributed by atoms with van der Waals surface area (Å²) in [5.41, 5.74) is 1.28. The summed E-state index contributed by atoms with van der Waals surface area (Å²) in [6.45, 7) is 5.97. The monoisotopic (exact) mass is 221 g/mol. The number of hydrogen-bond donors (Lipinski definition) is 0. The first-order chi connectivity index (χ1) is 7.40. The molecule has 0 bridgehead atoms. The van der Waals surface area contributed by atoms with Gasteiger partial charge in [-0.05, 0) is 28.3 Å². The van der Waals surface area contributed by atoms with E-state index < -0.39 is 5.97 Å². The zero-order valence-electron chi connectivity index (χ0n) is 9.90. The third-order valence-electron chi connectivity index (χ3n) is 2.32. The van der Waals surface area contributed by atoms with E-state index in [2.05, 4.69) is 9.91 Å². The number of hydrogen-bond acceptors (Lipinski definition) is 4. The predicted octanol–water partition coefficient (Wildman–Crippen LogP) is 3.17. The van der Waals surface area contributed by atoms with Gasteiger partial charge in [0, 0.05) is 0 Å². The second-order valence-corrected chi connectivity index (χ2v) is 4.56. The van der Waals surface area contributed by atoms with Gasteiger partial charge in [-0.25, -0.2) is 4.79 Å². The fourth-order valence-electron chi connectivity index (χ4n) is 1.52. The molecule has 0 fully saturated rings. The molecule has 1 aromatic carbocycles. The maximum Gasteiger partial charge on any atom is 0.338 e. The number of nitroso groups, excluding NO2 is 1. The topological polar surface area (TPSA) is 55.7 Å². The largest absolute Gasteiger partial charge is 0.465 e. The molecule has 0 heterocycles. The number of nitrogens with zero attached hydrogens (tertiary/aromatic N) is 1. The van der Waals surface area contributed by atoms with Gasteiger partial charge < -0.3 is 4.74 Å². The van der Waals surface area contributed by atoms with Crippen molar-refractivity contribution in [2.24, 2.45) is 5.18 Å². The van der Waals surface area contributed by atoms with Crippen LogP contribution in [0.3, 0.4) is 0 Å². The first-order valence-electron chi connectivity index (χ1n) is 4.96. The van der Waals surface area contributed by atoms with Crippen LogP contribution >= 0.6 is 0 Å². The van der Waals surface area contributed by atoms with E-state index in [1.807, 2.05) is 20.8 Å². The van der Waals surface area contributed by atoms with Gasteiger partial charge in [0.15, 0.2) is 0 Å². The van der Waals surface area contributed by atoms with Crippen LogP contribution in [-0.4, -0.2) is 13.1 Å². The minimum absolute atomic E-state index is 0.190. The molecule has 0 aliphatic carbocycles. The van der Waals surface area contributed by atoms with Gasteiger partial charge in [-0.3, -0.25) is 0 Å². The van der Waals surface area contributed by atoms with Gasteiger partial charge in [-0.1, -0.05) is 26.8 Å². The van der Waals surface area contributed by atoms with Crippen LogP contribution in [0.5, 0.6) is 0 Å². The van der Waals surface area contributed by atoms with Gasteiger partial charge in [0.1, 0.15) is 5.69 Å². The molecular weight excluding hydrogens is 206 g/mol. The summed E-state index contributed by atoms with van der Waals surface area (Å²) in [7, 11) is 1.32. The van der Waals surface area contributed by atoms with Crippen LogP contribution in [0.15, 0.2) is 23.4 Å². The number of methoxy groups -OCH3 is 1. The Labute approximate surface area is 94.6 Å². The normalized spacial score (nSPS) is 11.0. The third-order valence-corrected chi connectivity index (χ3v) is 2.32. The Balaban J connectivity index is 3.38. The molecule has 0 amide bonds. The highest BCUT2D eigenvalue weighted by molar-refractivity contribution is 5.92. The molecule has 1 rings (SSSR count). The Morgan fingerprint density at radius 2 is 1.94 bits per heavy atom. The van der Waals surface area contributed by atoms with Crippen molar-refractivity contribution < 1.29 is 9.53 Å². The molecule has 0 saturated carbocycles. The van der Waals surface area contributed by atoms with E-state index in [1.165, 1.54) is 13.2 Å². The lowest BCUT2D eigenvalue weighted by Gasteiger charge is -2.21. The van der Waals surface area contributed by atoms with Crippen LogP contribution in [0.1, 0.15) is 36.7 Å². The number of ether oxygens (including phenoxy) is 1. The molecule has 0 aromatic heterocycles. The minimum atomic E-state index is -0.449. The smallest absolute Gasteiger partial charge is 0.338 e. The van der Waals surface area contributed by atoms with Crippen molar-refractivity contribution in [1.29, 1.82) is 0 Å². The molecule has 1 aromatic rings. The van der Waals surface area contributed by atoms with E-state index in [4.69, 9.17) is 0 Å². The zero-order chi connectivity index (χ0) is 12.3. The van der Waals surface area contributed by atoms with Crippen LogP contribution in [0.2, 0.25) is 0 Å². The Morgan fingerprint density at radius 1 is 1.31 bits per heavy atom. The van der Waals surface area contributed by atoms with E-state index in [1.54, 1.807) is 12.1 Å². The second kappa shape index (κ2) is 4.43. The van der Waals surface area contributed by atoms with Crippen molar-refractivity contribution in [2.75, 3.05) is 7.11 Å². The fourth-order valence-corrected chi connectivity index (χ4v) is 1.52. The molecule has 0 spiro atoms. The van der Waals surface area contributed by atoms with Crippen LogP contribution in [0, 0.1) is 4.91 Å². The number of esters is 1. The Kier molecular flexibility index (Phi) is 3.42. The lowest BCUT2D eigenvalue weighted by Crippen LogP contribution is -2.17. The maximum atomic E-state index is 11.6. The van der Waals surface area contributed by atoms with Crippen LogP contribution < -0.4 is 0 Å². The summed E-state index contributed by atoms with van der Waals surface area (Å²) in [5, 5.41) is 2.81. The SMILES string of the molecule is COC(=O)c1cc(N=O)ccc1C(C)(C)C. The molecule has 4 nitrogen and oxygen atoms in total. The van der Waals surface area contributed by atoms with E-state index >= 15 is 0 Å². The van der Waals surface area contributed by atoms with Crippen molar-refractivity contribution in [3.63, 3.8) is 0 Å². The lowest BCUT2D eigenvalue weighted by molar-refractivity contribution is 0.0598. The van der Waals surface area contributed by atoms with Crippen molar-refractivity contribution >= 4 is 11.7 Å². The Bertz CT molecular complexity index is 419. The summed E-state index contributed by atoms with van der Waals surface area (Å²) in [4.78, 5) is 22.0. The average Bonchev–Trinajstić information content (AvgIpc) is 2.25. The number of rotatable bonds is 2. The number of benzene rings is 1. The molecular formula is C12H15NO3. The van der Waals surface area contributed by atoms with Crippen LogP contribution in [0.25, 0.3) is 0 Å². The fraction of sp³-hybridized carbons (Fsp3) is 0.417. The standard InChI is InChI=1S/C12H15NO3/c1-12(2,3)10-6-5-8(13-15)7-9(10)11(14)16-4/h5-7H,1-4H3. The summed E-state index contributed by atoms with van der Waals surface area (Å²) in [5.74, 6) is -0.449. The van der Waals surface area contributed by atoms with Gasteiger partial charge in [-0.2, -0.15) is 0 Å². The summed E-state index contributed by atoms with van der Waals surface area (Å²) >= 11 is 0. The number of carbonyl (C=O) groups excluding carboxylic acids is 1. The molecule has 0 aliphatic rings. The first-order valence-corrected chi connectivity index (χ1v) is 4.96. The van der Waals surface area contributed by atoms with Gasteiger partial charge in [0.05, 0.1) is 12.7 Å². The van der Waals surface area contributed by atoms with Gasteiger partial charge >= 0.3 is 5.97 Å². The van der Waals surface area contributed by atoms with E-state index in [-0.39, 0.29) is 11.1 Å². The molecule has 0 radical (unpaired) electrons. The molecule has 0 aliphatic heterocycles. The van der Waals surface area contributed by atoms with Crippen molar-refractivity contribution in [2.45, 2.75) is 26.2 Å². The van der Waals surface area contributed by atoms with Crippen molar-refractivity contribution in [3.8, 4) is 0 Å². The third kappa shape index (κ3) is 2.45. The molecule has 0 unspecified atom stereocenters. The molecule has 0 saturated heterocycles. The van der Waals surface area contributed by atoms with Gasteiger partial charge in [0.25, 0.3) is 0 Å². The average molecular weight is 221 g/mol. The molecule has 86 valence electrons. The molecule has 0 atom stereocenters. The van der Waals surface area contributed by atoms with Gasteiger partial charge in [0.2, 0.25) is 0 Å². The predicted molar refractivity (Wildman–Crippen MR) is 61.9 cm³/mol. The van der Waals surface area contributed by atoms with E-state index in [9.17, 15) is 9.70 Å². The molecule has 16 heavy (non-hydrogen) atoms. The highest BCUT2D eigenvalue weighted by atomic mass is 16.5. The minimum Gasteiger partial charge on any atom is -0.465 e. The van der Waals surface area contributed by atoms with Crippen molar-refractivity contribution in [1.82, 2.24) is 0 Å². The lowest BCUT2D eigenvalue weighted by atomic mass is 9.83. The van der Waals surface area contributed by atoms with E-state index in [0.717, 1.165) is 5.56 Å². The summed E-state index contributed by atoms with van der Waals surface area (Å²) in [6.07, 6.45) is 0. The quantitative estimate of drug-likeness (QED) is 0.569. The Hall–Kier alpha value is -1.71. The first kappa shape index (κ1) is 12.4. The Morgan fingerprint density at radius 3 is 2.38 bits per heavy atom. The second-order valence-electron chi connectivity index (χ2n) is 4.56. The van der Waals surface area contributed by atoms with E-state index in [0.29, 0.717) is 5.56 Å². The highest BCUT2D eigenvalue weighted by Crippen LogP contribution is 2.29. The molecule has 0 N–H and O–H groups in total. The summed E-state index contributed by atoms with van der Waals surface area (Å²) in [6, 6.07) is 4.79. The molecule has 4 heteroatoms. The summed E-state index contributed by atoms with van der Waals surface area (Å²) < 4.78 is 4.69. The maximum absolute atomic E-state index is 11.6. The zero-order valence-corrected chi connectivity index (χ0v) is 9.90. The van der Waals surface area contributed by atoms with Crippen molar-refractivity contribution in [3.05, 3.63) is 34.2 Å². The number of carbonyl (C=O) groups is 1. The highest BCUT2D eigenvalue weighted by Gasteiger charge is 2.22. The van der Waals surface area contributed by atoms with Crippen LogP contribution in [-0.2, 0) is 10.2 Å².